The Morgan fingerprint density at radius 1 is 1.32 bits per heavy atom. The Morgan fingerprint density at radius 2 is 2.07 bits per heavy atom. The van der Waals surface area contributed by atoms with Crippen LogP contribution in [0.2, 0.25) is 0 Å². The van der Waals surface area contributed by atoms with Crippen molar-refractivity contribution in [3.8, 4) is 0 Å². The third-order valence-corrected chi connectivity index (χ3v) is 5.17. The molecule has 1 unspecified atom stereocenters. The molecule has 144 valence electrons. The lowest BCUT2D eigenvalue weighted by molar-refractivity contribution is -0.384. The van der Waals surface area contributed by atoms with Crippen LogP contribution in [-0.4, -0.2) is 24.4 Å². The van der Waals surface area contributed by atoms with Gasteiger partial charge in [0.25, 0.3) is 5.69 Å². The van der Waals surface area contributed by atoms with Gasteiger partial charge in [0.2, 0.25) is 0 Å². The lowest BCUT2D eigenvalue weighted by atomic mass is 9.85. The van der Waals surface area contributed by atoms with E-state index in [1.807, 2.05) is 6.92 Å². The maximum absolute atomic E-state index is 12.7. The van der Waals surface area contributed by atoms with E-state index in [1.54, 1.807) is 29.1 Å². The highest BCUT2D eigenvalue weighted by Gasteiger charge is 2.22. The van der Waals surface area contributed by atoms with Crippen LogP contribution >= 0.6 is 0 Å². The summed E-state index contributed by atoms with van der Waals surface area (Å²) >= 11 is 0. The summed E-state index contributed by atoms with van der Waals surface area (Å²) in [5.41, 5.74) is 0.230. The van der Waals surface area contributed by atoms with Crippen LogP contribution in [0.5, 0.6) is 0 Å². The van der Waals surface area contributed by atoms with Crippen LogP contribution in [0.3, 0.4) is 0 Å². The van der Waals surface area contributed by atoms with E-state index in [2.05, 4.69) is 20.3 Å². The van der Waals surface area contributed by atoms with Crippen molar-refractivity contribution in [2.24, 2.45) is 5.92 Å². The Labute approximate surface area is 160 Å². The molecule has 3 aromatic rings. The Bertz CT molecular complexity index is 1080. The predicted molar refractivity (Wildman–Crippen MR) is 104 cm³/mol. The van der Waals surface area contributed by atoms with Crippen molar-refractivity contribution in [2.75, 3.05) is 5.32 Å². The minimum Gasteiger partial charge on any atom is -0.360 e. The first kappa shape index (κ1) is 18.0. The SMILES string of the molecule is CC(Nc1nc(=O)n(CC2CCC2)c2ccc([N+](=O)[O-])cc12)c1ncccn1. The molecule has 0 saturated heterocycles. The number of hydrogen-bond donors (Lipinski definition) is 1. The predicted octanol–water partition coefficient (Wildman–Crippen LogP) is 3.07. The highest BCUT2D eigenvalue weighted by atomic mass is 16.6. The summed E-state index contributed by atoms with van der Waals surface area (Å²) in [6, 6.07) is 5.91. The van der Waals surface area contributed by atoms with Gasteiger partial charge in [0.15, 0.2) is 0 Å². The summed E-state index contributed by atoms with van der Waals surface area (Å²) in [5.74, 6) is 1.29. The molecule has 0 bridgehead atoms. The van der Waals surface area contributed by atoms with Gasteiger partial charge in [-0.05, 0) is 37.8 Å². The van der Waals surface area contributed by atoms with Crippen molar-refractivity contribution < 1.29 is 4.92 Å². The molecule has 2 heterocycles. The van der Waals surface area contributed by atoms with Crippen molar-refractivity contribution in [1.82, 2.24) is 19.5 Å². The lowest BCUT2D eigenvalue weighted by Gasteiger charge is -2.26. The first-order valence-corrected chi connectivity index (χ1v) is 9.25. The van der Waals surface area contributed by atoms with E-state index < -0.39 is 4.92 Å². The number of anilines is 1. The van der Waals surface area contributed by atoms with E-state index in [4.69, 9.17) is 0 Å². The van der Waals surface area contributed by atoms with Crippen LogP contribution < -0.4 is 11.0 Å². The number of nitrogens with zero attached hydrogens (tertiary/aromatic N) is 5. The fraction of sp³-hybridized carbons (Fsp3) is 0.368. The molecule has 1 saturated carbocycles. The molecule has 0 amide bonds. The number of rotatable bonds is 6. The maximum atomic E-state index is 12.7. The second kappa shape index (κ2) is 7.34. The molecule has 1 N–H and O–H groups in total. The number of aromatic nitrogens is 4. The van der Waals surface area contributed by atoms with Crippen LogP contribution in [-0.2, 0) is 6.54 Å². The molecule has 1 aliphatic rings. The van der Waals surface area contributed by atoms with Gasteiger partial charge in [0, 0.05) is 36.5 Å². The standard InChI is InChI=1S/C19H20N6O3/c1-12(17-20-8-3-9-21-17)22-18-15-10-14(25(27)28)6-7-16(15)24(19(26)23-18)11-13-4-2-5-13/h3,6-10,12-13H,2,4-5,11H2,1H3,(H,22,23,26). The number of nitro groups is 1. The first-order valence-electron chi connectivity index (χ1n) is 9.25. The Hall–Kier alpha value is -3.36. The van der Waals surface area contributed by atoms with Crippen molar-refractivity contribution in [3.05, 3.63) is 63.1 Å². The van der Waals surface area contributed by atoms with Crippen molar-refractivity contribution >= 4 is 22.4 Å². The molecule has 9 nitrogen and oxygen atoms in total. The highest BCUT2D eigenvalue weighted by molar-refractivity contribution is 5.91. The summed E-state index contributed by atoms with van der Waals surface area (Å²) in [6.07, 6.45) is 6.61. The second-order valence-electron chi connectivity index (χ2n) is 7.08. The normalized spacial score (nSPS) is 15.2. The number of fused-ring (bicyclic) bond motifs is 1. The largest absolute Gasteiger partial charge is 0.360 e. The minimum absolute atomic E-state index is 0.0465. The van der Waals surface area contributed by atoms with Gasteiger partial charge in [-0.1, -0.05) is 6.42 Å². The average Bonchev–Trinajstić information content (AvgIpc) is 2.66. The van der Waals surface area contributed by atoms with Crippen molar-refractivity contribution in [2.45, 2.75) is 38.8 Å². The number of nitro benzene ring substituents is 1. The summed E-state index contributed by atoms with van der Waals surface area (Å²) in [5, 5.41) is 14.9. The monoisotopic (exact) mass is 380 g/mol. The number of non-ortho nitro benzene ring substituents is 1. The summed E-state index contributed by atoms with van der Waals surface area (Å²) < 4.78 is 1.62. The molecule has 1 fully saturated rings. The van der Waals surface area contributed by atoms with Crippen molar-refractivity contribution in [1.29, 1.82) is 0 Å². The zero-order valence-corrected chi connectivity index (χ0v) is 15.4. The van der Waals surface area contributed by atoms with Crippen molar-refractivity contribution in [3.63, 3.8) is 0 Å². The topological polar surface area (TPSA) is 116 Å². The van der Waals surface area contributed by atoms with Crippen LogP contribution in [0.1, 0.15) is 38.1 Å². The Kier molecular flexibility index (Phi) is 4.72. The van der Waals surface area contributed by atoms with E-state index >= 15 is 0 Å². The van der Waals surface area contributed by atoms with Gasteiger partial charge < -0.3 is 5.32 Å². The fourth-order valence-corrected chi connectivity index (χ4v) is 3.41. The van der Waals surface area contributed by atoms with Crippen LogP contribution in [0.4, 0.5) is 11.5 Å². The molecule has 0 radical (unpaired) electrons. The van der Waals surface area contributed by atoms with Gasteiger partial charge in [-0.2, -0.15) is 4.98 Å². The number of hydrogen-bond acceptors (Lipinski definition) is 7. The molecule has 1 atom stereocenters. The van der Waals surface area contributed by atoms with Gasteiger partial charge in [-0.3, -0.25) is 14.7 Å². The van der Waals surface area contributed by atoms with Gasteiger partial charge in [0.1, 0.15) is 11.6 Å². The number of benzene rings is 1. The van der Waals surface area contributed by atoms with E-state index in [9.17, 15) is 14.9 Å². The molecule has 9 heteroatoms. The Balaban J connectivity index is 1.80. The van der Waals surface area contributed by atoms with Gasteiger partial charge in [-0.25, -0.2) is 14.8 Å². The molecular formula is C19H20N6O3. The molecular weight excluding hydrogens is 360 g/mol. The van der Waals surface area contributed by atoms with Crippen LogP contribution in [0.25, 0.3) is 10.9 Å². The number of nitrogens with one attached hydrogen (secondary N) is 1. The van der Waals surface area contributed by atoms with Gasteiger partial charge in [0.05, 0.1) is 16.5 Å². The van der Waals surface area contributed by atoms with E-state index in [0.29, 0.717) is 35.0 Å². The summed E-state index contributed by atoms with van der Waals surface area (Å²) in [6.45, 7) is 2.43. The zero-order valence-electron chi connectivity index (χ0n) is 15.4. The molecule has 1 aliphatic carbocycles. The van der Waals surface area contributed by atoms with E-state index in [1.165, 1.54) is 18.6 Å². The molecule has 28 heavy (non-hydrogen) atoms. The maximum Gasteiger partial charge on any atom is 0.350 e. The molecule has 0 spiro atoms. The summed E-state index contributed by atoms with van der Waals surface area (Å²) in [4.78, 5) is 36.1. The molecule has 1 aromatic carbocycles. The fourth-order valence-electron chi connectivity index (χ4n) is 3.41. The molecule has 4 rings (SSSR count). The van der Waals surface area contributed by atoms with Crippen LogP contribution in [0.15, 0.2) is 41.5 Å². The van der Waals surface area contributed by atoms with E-state index in [-0.39, 0.29) is 17.4 Å². The third kappa shape index (κ3) is 3.42. The average molecular weight is 380 g/mol. The zero-order chi connectivity index (χ0) is 19.7. The first-order chi connectivity index (χ1) is 13.5. The minimum atomic E-state index is -0.450. The van der Waals surface area contributed by atoms with Crippen LogP contribution in [0, 0.1) is 16.0 Å². The smallest absolute Gasteiger partial charge is 0.350 e. The second-order valence-corrected chi connectivity index (χ2v) is 7.08. The third-order valence-electron chi connectivity index (χ3n) is 5.17. The summed E-state index contributed by atoms with van der Waals surface area (Å²) in [7, 11) is 0. The quantitative estimate of drug-likeness (QED) is 0.516. The Morgan fingerprint density at radius 3 is 2.71 bits per heavy atom. The van der Waals surface area contributed by atoms with Gasteiger partial charge in [-0.15, -0.1) is 0 Å². The molecule has 2 aromatic heterocycles. The van der Waals surface area contributed by atoms with Gasteiger partial charge >= 0.3 is 5.69 Å². The molecule has 0 aliphatic heterocycles. The van der Waals surface area contributed by atoms with E-state index in [0.717, 1.165) is 12.8 Å². The highest BCUT2D eigenvalue weighted by Crippen LogP contribution is 2.31. The lowest BCUT2D eigenvalue weighted by Crippen LogP contribution is -2.30.